The Labute approximate surface area is 132 Å². The Morgan fingerprint density at radius 2 is 2.25 bits per heavy atom. The summed E-state index contributed by atoms with van der Waals surface area (Å²) < 4.78 is 1.10. The molecule has 0 spiro atoms. The monoisotopic (exact) mass is 351 g/mol. The maximum atomic E-state index is 6.05. The summed E-state index contributed by atoms with van der Waals surface area (Å²) in [7, 11) is 0. The van der Waals surface area contributed by atoms with Gasteiger partial charge < -0.3 is 11.1 Å². The van der Waals surface area contributed by atoms with Crippen LogP contribution >= 0.6 is 27.7 Å². The summed E-state index contributed by atoms with van der Waals surface area (Å²) in [5.74, 6) is 0.917. The predicted molar refractivity (Wildman–Crippen MR) is 89.9 cm³/mol. The van der Waals surface area contributed by atoms with Gasteiger partial charge in [-0.3, -0.25) is 4.98 Å². The quantitative estimate of drug-likeness (QED) is 0.775. The number of pyridine rings is 1. The molecule has 106 valence electrons. The maximum absolute atomic E-state index is 6.05. The molecule has 3 N–H and O–H groups in total. The molecule has 0 radical (unpaired) electrons. The standard InChI is InChI=1S/C15H18BrN3S/c1-2-19-15(13-9-18-7-6-14(13)17)10-20-12-5-3-4-11(16)8-12/h3-9,15,19H,2,10H2,1H3,(H2,17,18). The van der Waals surface area contributed by atoms with Crippen LogP contribution in [-0.4, -0.2) is 17.3 Å². The lowest BCUT2D eigenvalue weighted by Gasteiger charge is -2.19. The fourth-order valence-electron chi connectivity index (χ4n) is 1.95. The second-order valence-corrected chi connectivity index (χ2v) is 6.39. The number of rotatable bonds is 6. The van der Waals surface area contributed by atoms with Crippen LogP contribution in [0.25, 0.3) is 0 Å². The smallest absolute Gasteiger partial charge is 0.0451 e. The van der Waals surface area contributed by atoms with Crippen molar-refractivity contribution >= 4 is 33.4 Å². The van der Waals surface area contributed by atoms with Crippen LogP contribution in [0.1, 0.15) is 18.5 Å². The van der Waals surface area contributed by atoms with E-state index in [9.17, 15) is 0 Å². The molecule has 5 heteroatoms. The molecule has 1 aromatic heterocycles. The van der Waals surface area contributed by atoms with E-state index in [-0.39, 0.29) is 6.04 Å². The van der Waals surface area contributed by atoms with Crippen molar-refractivity contribution in [1.82, 2.24) is 10.3 Å². The minimum absolute atomic E-state index is 0.206. The van der Waals surface area contributed by atoms with Gasteiger partial charge >= 0.3 is 0 Å². The van der Waals surface area contributed by atoms with E-state index in [1.54, 1.807) is 6.20 Å². The average molecular weight is 352 g/mol. The number of halogens is 1. The highest BCUT2D eigenvalue weighted by Crippen LogP contribution is 2.28. The minimum Gasteiger partial charge on any atom is -0.398 e. The number of nitrogens with zero attached hydrogens (tertiary/aromatic N) is 1. The molecule has 1 unspecified atom stereocenters. The van der Waals surface area contributed by atoms with Crippen molar-refractivity contribution in [2.45, 2.75) is 17.9 Å². The molecule has 1 atom stereocenters. The Kier molecular flexibility index (Phi) is 5.88. The van der Waals surface area contributed by atoms with E-state index in [2.05, 4.69) is 45.3 Å². The summed E-state index contributed by atoms with van der Waals surface area (Å²) in [5.41, 5.74) is 7.91. The van der Waals surface area contributed by atoms with Gasteiger partial charge in [-0.15, -0.1) is 11.8 Å². The van der Waals surface area contributed by atoms with Crippen LogP contribution < -0.4 is 11.1 Å². The second kappa shape index (κ2) is 7.67. The topological polar surface area (TPSA) is 50.9 Å². The van der Waals surface area contributed by atoms with Gasteiger partial charge in [0.2, 0.25) is 0 Å². The molecular weight excluding hydrogens is 334 g/mol. The normalized spacial score (nSPS) is 12.3. The summed E-state index contributed by atoms with van der Waals surface area (Å²) in [6, 6.07) is 10.4. The molecule has 0 amide bonds. The molecule has 0 saturated carbocycles. The zero-order valence-corrected chi connectivity index (χ0v) is 13.7. The Hall–Kier alpha value is -1.04. The molecule has 0 fully saturated rings. The van der Waals surface area contributed by atoms with Crippen LogP contribution in [0.4, 0.5) is 5.69 Å². The van der Waals surface area contributed by atoms with Crippen molar-refractivity contribution in [2.75, 3.05) is 18.0 Å². The average Bonchev–Trinajstić information content (AvgIpc) is 2.44. The van der Waals surface area contributed by atoms with Gasteiger partial charge in [0.15, 0.2) is 0 Å². The van der Waals surface area contributed by atoms with Crippen LogP contribution in [-0.2, 0) is 0 Å². The lowest BCUT2D eigenvalue weighted by atomic mass is 10.1. The molecule has 0 bridgehead atoms. The molecule has 1 heterocycles. The van der Waals surface area contributed by atoms with Crippen LogP contribution in [0.5, 0.6) is 0 Å². The van der Waals surface area contributed by atoms with Gasteiger partial charge in [0.1, 0.15) is 0 Å². The third-order valence-electron chi connectivity index (χ3n) is 2.93. The first-order valence-electron chi connectivity index (χ1n) is 6.52. The first kappa shape index (κ1) is 15.4. The van der Waals surface area contributed by atoms with E-state index < -0.39 is 0 Å². The van der Waals surface area contributed by atoms with Crippen molar-refractivity contribution < 1.29 is 0 Å². The first-order chi connectivity index (χ1) is 9.70. The van der Waals surface area contributed by atoms with Gasteiger partial charge in [0, 0.05) is 44.8 Å². The summed E-state index contributed by atoms with van der Waals surface area (Å²) in [6.45, 7) is 3.00. The maximum Gasteiger partial charge on any atom is 0.0451 e. The minimum atomic E-state index is 0.206. The van der Waals surface area contributed by atoms with Gasteiger partial charge in [-0.2, -0.15) is 0 Å². The Morgan fingerprint density at radius 1 is 1.40 bits per heavy atom. The van der Waals surface area contributed by atoms with Crippen LogP contribution in [0.2, 0.25) is 0 Å². The van der Waals surface area contributed by atoms with E-state index in [4.69, 9.17) is 5.73 Å². The lowest BCUT2D eigenvalue weighted by Crippen LogP contribution is -2.24. The number of nitrogen functional groups attached to an aromatic ring is 1. The van der Waals surface area contributed by atoms with Crippen molar-refractivity contribution in [3.05, 3.63) is 52.8 Å². The Morgan fingerprint density at radius 3 is 2.95 bits per heavy atom. The van der Waals surface area contributed by atoms with Gasteiger partial charge in [0.05, 0.1) is 0 Å². The zero-order chi connectivity index (χ0) is 14.4. The highest BCUT2D eigenvalue weighted by Gasteiger charge is 2.14. The number of nitrogens with two attached hydrogens (primary N) is 1. The van der Waals surface area contributed by atoms with E-state index in [1.165, 1.54) is 4.90 Å². The van der Waals surface area contributed by atoms with Crippen LogP contribution in [0.3, 0.4) is 0 Å². The fourth-order valence-corrected chi connectivity index (χ4v) is 3.54. The van der Waals surface area contributed by atoms with Gasteiger partial charge in [-0.05, 0) is 30.8 Å². The SMILES string of the molecule is CCNC(CSc1cccc(Br)c1)c1cnccc1N. The summed E-state index contributed by atoms with van der Waals surface area (Å²) in [4.78, 5) is 5.42. The second-order valence-electron chi connectivity index (χ2n) is 4.38. The molecule has 0 saturated heterocycles. The number of hydrogen-bond donors (Lipinski definition) is 2. The molecule has 20 heavy (non-hydrogen) atoms. The van der Waals surface area contributed by atoms with Gasteiger partial charge in [-0.1, -0.05) is 28.9 Å². The predicted octanol–water partition coefficient (Wildman–Crippen LogP) is 3.87. The zero-order valence-electron chi connectivity index (χ0n) is 11.3. The number of benzene rings is 1. The highest BCUT2D eigenvalue weighted by atomic mass is 79.9. The Balaban J connectivity index is 2.08. The number of nitrogens with one attached hydrogen (secondary N) is 1. The largest absolute Gasteiger partial charge is 0.398 e. The highest BCUT2D eigenvalue weighted by molar-refractivity contribution is 9.10. The molecule has 0 aliphatic heterocycles. The number of thioether (sulfide) groups is 1. The molecule has 3 nitrogen and oxygen atoms in total. The van der Waals surface area contributed by atoms with E-state index in [1.807, 2.05) is 36.2 Å². The lowest BCUT2D eigenvalue weighted by molar-refractivity contribution is 0.605. The van der Waals surface area contributed by atoms with Crippen LogP contribution in [0, 0.1) is 0 Å². The number of hydrogen-bond acceptors (Lipinski definition) is 4. The van der Waals surface area contributed by atoms with Gasteiger partial charge in [-0.25, -0.2) is 0 Å². The van der Waals surface area contributed by atoms with Crippen molar-refractivity contribution in [2.24, 2.45) is 0 Å². The number of aromatic nitrogens is 1. The molecule has 0 aliphatic rings. The summed E-state index contributed by atoms with van der Waals surface area (Å²) >= 11 is 5.31. The van der Waals surface area contributed by atoms with E-state index in [0.717, 1.165) is 28.0 Å². The first-order valence-corrected chi connectivity index (χ1v) is 8.29. The molecular formula is C15H18BrN3S. The third-order valence-corrected chi connectivity index (χ3v) is 4.51. The molecule has 2 rings (SSSR count). The van der Waals surface area contributed by atoms with E-state index >= 15 is 0 Å². The van der Waals surface area contributed by atoms with Crippen molar-refractivity contribution in [1.29, 1.82) is 0 Å². The Bertz CT molecular complexity index is 562. The molecule has 1 aromatic carbocycles. The van der Waals surface area contributed by atoms with Crippen molar-refractivity contribution in [3.8, 4) is 0 Å². The van der Waals surface area contributed by atoms with E-state index in [0.29, 0.717) is 0 Å². The number of anilines is 1. The van der Waals surface area contributed by atoms with Crippen molar-refractivity contribution in [3.63, 3.8) is 0 Å². The molecule has 0 aliphatic carbocycles. The third kappa shape index (κ3) is 4.23. The van der Waals surface area contributed by atoms with Gasteiger partial charge in [0.25, 0.3) is 0 Å². The summed E-state index contributed by atoms with van der Waals surface area (Å²) in [6.07, 6.45) is 3.58. The fraction of sp³-hybridized carbons (Fsp3) is 0.267. The summed E-state index contributed by atoms with van der Waals surface area (Å²) in [5, 5.41) is 3.47. The van der Waals surface area contributed by atoms with Crippen LogP contribution in [0.15, 0.2) is 52.1 Å². The molecule has 2 aromatic rings.